The Bertz CT molecular complexity index is 620. The molecule has 0 aliphatic heterocycles. The average Bonchev–Trinajstić information content (AvgIpc) is 2.82. The van der Waals surface area contributed by atoms with Crippen molar-refractivity contribution in [2.24, 2.45) is 12.2 Å². The lowest BCUT2D eigenvalue weighted by atomic mass is 10.0. The smallest absolute Gasteiger partial charge is 0.120 e. The van der Waals surface area contributed by atoms with E-state index in [1.807, 2.05) is 48.9 Å². The van der Waals surface area contributed by atoms with Crippen molar-refractivity contribution in [1.29, 1.82) is 5.26 Å². The van der Waals surface area contributed by atoms with Gasteiger partial charge in [0.1, 0.15) is 17.8 Å². The lowest BCUT2D eigenvalue weighted by Crippen LogP contribution is -1.96. The highest BCUT2D eigenvalue weighted by Gasteiger charge is 2.10. The van der Waals surface area contributed by atoms with Crippen LogP contribution in [0.25, 0.3) is 11.3 Å². The second-order valence-corrected chi connectivity index (χ2v) is 4.43. The van der Waals surface area contributed by atoms with Crippen molar-refractivity contribution < 1.29 is 0 Å². The SMILES string of the molecule is CCC(N=O)c1ccc(-c2ccc(C#N)n2C)cc1. The van der Waals surface area contributed by atoms with Crippen molar-refractivity contribution in [3.63, 3.8) is 0 Å². The summed E-state index contributed by atoms with van der Waals surface area (Å²) >= 11 is 0. The van der Waals surface area contributed by atoms with Crippen molar-refractivity contribution in [2.75, 3.05) is 0 Å². The molecule has 4 nitrogen and oxygen atoms in total. The van der Waals surface area contributed by atoms with Crippen LogP contribution in [0, 0.1) is 16.2 Å². The molecule has 0 saturated carbocycles. The van der Waals surface area contributed by atoms with Gasteiger partial charge >= 0.3 is 0 Å². The molecular weight excluding hydrogens is 238 g/mol. The van der Waals surface area contributed by atoms with Gasteiger partial charge in [-0.25, -0.2) is 0 Å². The van der Waals surface area contributed by atoms with Crippen LogP contribution < -0.4 is 0 Å². The van der Waals surface area contributed by atoms with Gasteiger partial charge in [-0.05, 0) is 29.7 Å². The molecule has 0 spiro atoms. The van der Waals surface area contributed by atoms with E-state index in [2.05, 4.69) is 11.2 Å². The van der Waals surface area contributed by atoms with E-state index in [-0.39, 0.29) is 6.04 Å². The van der Waals surface area contributed by atoms with Crippen molar-refractivity contribution in [2.45, 2.75) is 19.4 Å². The van der Waals surface area contributed by atoms with E-state index < -0.39 is 0 Å². The molecule has 1 aromatic carbocycles. The molecular formula is C15H15N3O. The van der Waals surface area contributed by atoms with E-state index in [9.17, 15) is 4.91 Å². The van der Waals surface area contributed by atoms with Gasteiger partial charge in [0.05, 0.1) is 0 Å². The molecule has 1 heterocycles. The Kier molecular flexibility index (Phi) is 3.76. The van der Waals surface area contributed by atoms with Gasteiger partial charge in [-0.3, -0.25) is 0 Å². The quantitative estimate of drug-likeness (QED) is 0.778. The van der Waals surface area contributed by atoms with E-state index in [0.29, 0.717) is 12.1 Å². The number of hydrogen-bond acceptors (Lipinski definition) is 3. The highest BCUT2D eigenvalue weighted by Crippen LogP contribution is 2.26. The van der Waals surface area contributed by atoms with Crippen LogP contribution in [0.1, 0.15) is 30.6 Å². The van der Waals surface area contributed by atoms with E-state index in [0.717, 1.165) is 16.8 Å². The van der Waals surface area contributed by atoms with Crippen LogP contribution >= 0.6 is 0 Å². The monoisotopic (exact) mass is 253 g/mol. The van der Waals surface area contributed by atoms with E-state index in [1.54, 1.807) is 6.07 Å². The van der Waals surface area contributed by atoms with E-state index in [1.165, 1.54) is 0 Å². The van der Waals surface area contributed by atoms with E-state index >= 15 is 0 Å². The van der Waals surface area contributed by atoms with Gasteiger partial charge in [0.2, 0.25) is 0 Å². The van der Waals surface area contributed by atoms with Gasteiger partial charge in [0.15, 0.2) is 0 Å². The normalized spacial score (nSPS) is 11.8. The number of nitrogens with zero attached hydrogens (tertiary/aromatic N) is 3. The Morgan fingerprint density at radius 2 is 1.95 bits per heavy atom. The first kappa shape index (κ1) is 13.0. The zero-order chi connectivity index (χ0) is 13.8. The molecule has 2 rings (SSSR count). The molecule has 4 heteroatoms. The van der Waals surface area contributed by atoms with Crippen molar-refractivity contribution >= 4 is 0 Å². The molecule has 0 fully saturated rings. The summed E-state index contributed by atoms with van der Waals surface area (Å²) in [5, 5.41) is 12.1. The van der Waals surface area contributed by atoms with Crippen molar-refractivity contribution in [1.82, 2.24) is 4.57 Å². The molecule has 2 aromatic rings. The predicted octanol–water partition coefficient (Wildman–Crippen LogP) is 3.78. The second kappa shape index (κ2) is 5.49. The number of nitriles is 1. The summed E-state index contributed by atoms with van der Waals surface area (Å²) in [4.78, 5) is 10.7. The number of hydrogen-bond donors (Lipinski definition) is 0. The fourth-order valence-corrected chi connectivity index (χ4v) is 2.16. The molecule has 0 aliphatic carbocycles. The van der Waals surface area contributed by atoms with Crippen molar-refractivity contribution in [3.05, 3.63) is 52.6 Å². The first-order valence-electron chi connectivity index (χ1n) is 6.19. The molecule has 19 heavy (non-hydrogen) atoms. The fourth-order valence-electron chi connectivity index (χ4n) is 2.16. The van der Waals surface area contributed by atoms with Gasteiger partial charge < -0.3 is 4.57 Å². The van der Waals surface area contributed by atoms with Gasteiger partial charge in [-0.2, -0.15) is 10.2 Å². The Balaban J connectivity index is 2.35. The zero-order valence-electron chi connectivity index (χ0n) is 11.0. The van der Waals surface area contributed by atoms with E-state index in [4.69, 9.17) is 5.26 Å². The largest absolute Gasteiger partial charge is 0.335 e. The third-order valence-corrected chi connectivity index (χ3v) is 3.34. The fraction of sp³-hybridized carbons (Fsp3) is 0.267. The molecule has 0 amide bonds. The van der Waals surface area contributed by atoms with Gasteiger partial charge in [0, 0.05) is 12.7 Å². The van der Waals surface area contributed by atoms with Gasteiger partial charge in [-0.1, -0.05) is 36.4 Å². The summed E-state index contributed by atoms with van der Waals surface area (Å²) in [6.07, 6.45) is 0.700. The zero-order valence-corrected chi connectivity index (χ0v) is 11.0. The maximum atomic E-state index is 10.7. The second-order valence-electron chi connectivity index (χ2n) is 4.43. The number of nitroso groups, excluding NO2 is 1. The molecule has 0 radical (unpaired) electrons. The predicted molar refractivity (Wildman–Crippen MR) is 74.4 cm³/mol. The molecule has 0 bridgehead atoms. The minimum Gasteiger partial charge on any atom is -0.335 e. The Hall–Kier alpha value is -2.41. The minimum atomic E-state index is -0.280. The van der Waals surface area contributed by atoms with Crippen LogP contribution in [0.15, 0.2) is 41.6 Å². The topological polar surface area (TPSA) is 58.1 Å². The summed E-state index contributed by atoms with van der Waals surface area (Å²) in [5.41, 5.74) is 3.56. The summed E-state index contributed by atoms with van der Waals surface area (Å²) < 4.78 is 1.85. The van der Waals surface area contributed by atoms with Crippen LogP contribution in [-0.4, -0.2) is 4.57 Å². The summed E-state index contributed by atoms with van der Waals surface area (Å²) in [5.74, 6) is 0. The average molecular weight is 253 g/mol. The summed E-state index contributed by atoms with van der Waals surface area (Å²) in [7, 11) is 1.86. The standard InChI is InChI=1S/C15H15N3O/c1-3-14(17-19)11-4-6-12(7-5-11)15-9-8-13(10-16)18(15)2/h4-9,14H,3H2,1-2H3. The van der Waals surface area contributed by atoms with Crippen molar-refractivity contribution in [3.8, 4) is 17.3 Å². The molecule has 0 aliphatic rings. The van der Waals surface area contributed by atoms with Crippen LogP contribution in [0.2, 0.25) is 0 Å². The molecule has 1 atom stereocenters. The third-order valence-electron chi connectivity index (χ3n) is 3.34. The van der Waals surface area contributed by atoms with Crippen LogP contribution in [0.3, 0.4) is 0 Å². The molecule has 0 N–H and O–H groups in total. The minimum absolute atomic E-state index is 0.280. The number of rotatable bonds is 4. The Morgan fingerprint density at radius 3 is 2.42 bits per heavy atom. The van der Waals surface area contributed by atoms with Crippen LogP contribution in [0.4, 0.5) is 0 Å². The number of aromatic nitrogens is 1. The molecule has 96 valence electrons. The van der Waals surface area contributed by atoms with Gasteiger partial charge in [-0.15, -0.1) is 0 Å². The van der Waals surface area contributed by atoms with Gasteiger partial charge in [0.25, 0.3) is 0 Å². The number of benzene rings is 1. The molecule has 0 saturated heterocycles. The lowest BCUT2D eigenvalue weighted by Gasteiger charge is -2.08. The maximum absolute atomic E-state index is 10.7. The first-order valence-corrected chi connectivity index (χ1v) is 6.19. The Morgan fingerprint density at radius 1 is 1.26 bits per heavy atom. The Labute approximate surface area is 112 Å². The third kappa shape index (κ3) is 2.41. The first-order chi connectivity index (χ1) is 9.21. The highest BCUT2D eigenvalue weighted by molar-refractivity contribution is 5.62. The lowest BCUT2D eigenvalue weighted by molar-refractivity contribution is 0.695. The molecule has 1 aromatic heterocycles. The summed E-state index contributed by atoms with van der Waals surface area (Å²) in [6.45, 7) is 1.94. The van der Waals surface area contributed by atoms with Crippen LogP contribution in [0.5, 0.6) is 0 Å². The summed E-state index contributed by atoms with van der Waals surface area (Å²) in [6, 6.07) is 13.3. The maximum Gasteiger partial charge on any atom is 0.120 e. The van der Waals surface area contributed by atoms with Crippen LogP contribution in [-0.2, 0) is 7.05 Å². The highest BCUT2D eigenvalue weighted by atomic mass is 16.3. The molecule has 1 unspecified atom stereocenters.